The smallest absolute Gasteiger partial charge is 0.329 e. The van der Waals surface area contributed by atoms with Crippen LogP contribution >= 0.6 is 0 Å². The van der Waals surface area contributed by atoms with Crippen LogP contribution in [0.4, 0.5) is 5.69 Å². The molecule has 3 N–H and O–H groups in total. The van der Waals surface area contributed by atoms with Crippen LogP contribution in [-0.2, 0) is 14.4 Å². The molecule has 7 heteroatoms. The van der Waals surface area contributed by atoms with E-state index in [0.717, 1.165) is 31.2 Å². The zero-order chi connectivity index (χ0) is 18.9. The fourth-order valence-corrected chi connectivity index (χ4v) is 2.82. The molecule has 0 bridgehead atoms. The van der Waals surface area contributed by atoms with Crippen LogP contribution in [0.3, 0.4) is 0 Å². The fourth-order valence-electron chi connectivity index (χ4n) is 2.82. The number of hydrogen-bond acceptors (Lipinski definition) is 4. The Kier molecular flexibility index (Phi) is 7.32. The number of carbonyl (C=O) groups is 3. The Morgan fingerprint density at radius 2 is 1.69 bits per heavy atom. The van der Waals surface area contributed by atoms with E-state index < -0.39 is 11.8 Å². The molecular formula is C19H26N4O3. The third-order valence-electron chi connectivity index (χ3n) is 4.25. The first-order valence-electron chi connectivity index (χ1n) is 8.94. The number of anilines is 1. The Balaban J connectivity index is 1.75. The van der Waals surface area contributed by atoms with Gasteiger partial charge in [0.25, 0.3) is 0 Å². The van der Waals surface area contributed by atoms with Gasteiger partial charge in [0.2, 0.25) is 5.91 Å². The average Bonchev–Trinajstić information content (AvgIpc) is 2.62. The summed E-state index contributed by atoms with van der Waals surface area (Å²) < 4.78 is 0. The van der Waals surface area contributed by atoms with Gasteiger partial charge < -0.3 is 10.6 Å². The van der Waals surface area contributed by atoms with Gasteiger partial charge in [0.15, 0.2) is 0 Å². The van der Waals surface area contributed by atoms with Crippen LogP contribution in [0.15, 0.2) is 29.4 Å². The lowest BCUT2D eigenvalue weighted by Gasteiger charge is -2.22. The minimum atomic E-state index is -0.877. The molecule has 0 aromatic heterocycles. The summed E-state index contributed by atoms with van der Waals surface area (Å²) in [7, 11) is 0. The number of carbonyl (C=O) groups excluding carboxylic acids is 3. The highest BCUT2D eigenvalue weighted by Gasteiger charge is 2.17. The van der Waals surface area contributed by atoms with Crippen LogP contribution in [0.1, 0.15) is 51.0 Å². The number of nitrogens with zero attached hydrogens (tertiary/aromatic N) is 1. The standard InChI is InChI=1S/C19H26N4O3/c1-13-8-10-16(11-9-13)21-18(25)19(26)23-22-14(2)12-17(24)20-15-6-4-3-5-7-15/h8-11,15H,3-7,12H2,1-2H3,(H,20,24)(H,21,25)(H,23,26). The van der Waals surface area contributed by atoms with Crippen LogP contribution in [0.5, 0.6) is 0 Å². The first kappa shape index (κ1) is 19.6. The van der Waals surface area contributed by atoms with Gasteiger partial charge in [-0.1, -0.05) is 37.0 Å². The highest BCUT2D eigenvalue weighted by Crippen LogP contribution is 2.17. The second-order valence-corrected chi connectivity index (χ2v) is 6.69. The van der Waals surface area contributed by atoms with Crippen molar-refractivity contribution >= 4 is 29.1 Å². The van der Waals surface area contributed by atoms with Gasteiger partial charge in [-0.25, -0.2) is 5.43 Å². The predicted octanol–water partition coefficient (Wildman–Crippen LogP) is 2.26. The van der Waals surface area contributed by atoms with Crippen LogP contribution in [0.2, 0.25) is 0 Å². The maximum absolute atomic E-state index is 12.0. The van der Waals surface area contributed by atoms with Gasteiger partial charge in [-0.05, 0) is 38.8 Å². The Bertz CT molecular complexity index is 677. The molecule has 0 spiro atoms. The number of rotatable bonds is 5. The second-order valence-electron chi connectivity index (χ2n) is 6.69. The summed E-state index contributed by atoms with van der Waals surface area (Å²) >= 11 is 0. The van der Waals surface area contributed by atoms with E-state index in [4.69, 9.17) is 0 Å². The molecule has 1 fully saturated rings. The van der Waals surface area contributed by atoms with E-state index in [2.05, 4.69) is 21.2 Å². The molecule has 0 saturated heterocycles. The fraction of sp³-hybridized carbons (Fsp3) is 0.474. The summed E-state index contributed by atoms with van der Waals surface area (Å²) in [4.78, 5) is 35.6. The first-order chi connectivity index (χ1) is 12.4. The molecule has 0 radical (unpaired) electrons. The summed E-state index contributed by atoms with van der Waals surface area (Å²) in [6.45, 7) is 3.57. The topological polar surface area (TPSA) is 99.7 Å². The third kappa shape index (κ3) is 6.66. The van der Waals surface area contributed by atoms with Gasteiger partial charge in [0, 0.05) is 17.4 Å². The highest BCUT2D eigenvalue weighted by atomic mass is 16.2. The molecule has 26 heavy (non-hydrogen) atoms. The van der Waals surface area contributed by atoms with E-state index in [1.54, 1.807) is 19.1 Å². The zero-order valence-electron chi connectivity index (χ0n) is 15.3. The predicted molar refractivity (Wildman–Crippen MR) is 101 cm³/mol. The van der Waals surface area contributed by atoms with Gasteiger partial charge in [0.1, 0.15) is 0 Å². The Labute approximate surface area is 153 Å². The summed E-state index contributed by atoms with van der Waals surface area (Å²) in [6.07, 6.45) is 5.63. The number of hydrogen-bond donors (Lipinski definition) is 3. The maximum Gasteiger partial charge on any atom is 0.329 e. The zero-order valence-corrected chi connectivity index (χ0v) is 15.3. The summed E-state index contributed by atoms with van der Waals surface area (Å²) in [6, 6.07) is 7.33. The van der Waals surface area contributed by atoms with Crippen molar-refractivity contribution in [1.29, 1.82) is 0 Å². The van der Waals surface area contributed by atoms with Gasteiger partial charge in [0.05, 0.1) is 6.42 Å². The SMILES string of the molecule is CC(CC(=O)NC1CCCCC1)=NNC(=O)C(=O)Nc1ccc(C)cc1. The molecule has 1 saturated carbocycles. The van der Waals surface area contributed by atoms with Crippen LogP contribution in [0.25, 0.3) is 0 Å². The molecule has 0 atom stereocenters. The van der Waals surface area contributed by atoms with E-state index >= 15 is 0 Å². The molecule has 7 nitrogen and oxygen atoms in total. The molecule has 140 valence electrons. The lowest BCUT2D eigenvalue weighted by atomic mass is 9.95. The minimum Gasteiger partial charge on any atom is -0.353 e. The average molecular weight is 358 g/mol. The van der Waals surface area contributed by atoms with Crippen molar-refractivity contribution in [2.24, 2.45) is 5.10 Å². The molecule has 1 aromatic rings. The number of nitrogens with one attached hydrogen (secondary N) is 3. The van der Waals surface area contributed by atoms with Crippen molar-refractivity contribution in [2.45, 2.75) is 58.4 Å². The summed E-state index contributed by atoms with van der Waals surface area (Å²) in [5.41, 5.74) is 4.21. The molecule has 2 rings (SSSR count). The van der Waals surface area contributed by atoms with Gasteiger partial charge >= 0.3 is 11.8 Å². The Morgan fingerprint density at radius 1 is 1.04 bits per heavy atom. The molecule has 0 unspecified atom stereocenters. The molecule has 1 aliphatic carbocycles. The third-order valence-corrected chi connectivity index (χ3v) is 4.25. The summed E-state index contributed by atoms with van der Waals surface area (Å²) in [5.74, 6) is -1.80. The largest absolute Gasteiger partial charge is 0.353 e. The van der Waals surface area contributed by atoms with Gasteiger partial charge in [-0.15, -0.1) is 0 Å². The van der Waals surface area contributed by atoms with E-state index in [0.29, 0.717) is 11.4 Å². The summed E-state index contributed by atoms with van der Waals surface area (Å²) in [5, 5.41) is 9.30. The number of aryl methyl sites for hydroxylation is 1. The van der Waals surface area contributed by atoms with Crippen LogP contribution < -0.4 is 16.1 Å². The van der Waals surface area contributed by atoms with Gasteiger partial charge in [-0.2, -0.15) is 5.10 Å². The van der Waals surface area contributed by atoms with Crippen molar-refractivity contribution in [3.05, 3.63) is 29.8 Å². The highest BCUT2D eigenvalue weighted by molar-refractivity contribution is 6.39. The van der Waals surface area contributed by atoms with Crippen molar-refractivity contribution < 1.29 is 14.4 Å². The molecule has 1 aromatic carbocycles. The van der Waals surface area contributed by atoms with Crippen molar-refractivity contribution in [3.63, 3.8) is 0 Å². The number of hydrazone groups is 1. The van der Waals surface area contributed by atoms with E-state index in [1.165, 1.54) is 6.42 Å². The second kappa shape index (κ2) is 9.70. The molecular weight excluding hydrogens is 332 g/mol. The number of amides is 3. The Hall–Kier alpha value is -2.70. The van der Waals surface area contributed by atoms with Crippen LogP contribution in [-0.4, -0.2) is 29.5 Å². The normalized spacial score (nSPS) is 15.2. The lowest BCUT2D eigenvalue weighted by Crippen LogP contribution is -2.37. The minimum absolute atomic E-state index is 0.0936. The van der Waals surface area contributed by atoms with E-state index in [9.17, 15) is 14.4 Å². The van der Waals surface area contributed by atoms with Crippen LogP contribution in [0, 0.1) is 6.92 Å². The molecule has 3 amide bonds. The quantitative estimate of drug-likeness (QED) is 0.428. The number of benzene rings is 1. The van der Waals surface area contributed by atoms with Gasteiger partial charge in [-0.3, -0.25) is 14.4 Å². The van der Waals surface area contributed by atoms with Crippen molar-refractivity contribution in [3.8, 4) is 0 Å². The van der Waals surface area contributed by atoms with E-state index in [-0.39, 0.29) is 18.4 Å². The van der Waals surface area contributed by atoms with E-state index in [1.807, 2.05) is 19.1 Å². The molecule has 0 aliphatic heterocycles. The lowest BCUT2D eigenvalue weighted by molar-refractivity contribution is -0.136. The van der Waals surface area contributed by atoms with Crippen molar-refractivity contribution in [2.75, 3.05) is 5.32 Å². The molecule has 0 heterocycles. The monoisotopic (exact) mass is 358 g/mol. The first-order valence-corrected chi connectivity index (χ1v) is 8.94. The molecule has 1 aliphatic rings. The Morgan fingerprint density at radius 3 is 2.35 bits per heavy atom. The van der Waals surface area contributed by atoms with Crippen molar-refractivity contribution in [1.82, 2.24) is 10.7 Å². The maximum atomic E-state index is 12.0.